The van der Waals surface area contributed by atoms with E-state index >= 15 is 0 Å². The summed E-state index contributed by atoms with van der Waals surface area (Å²) in [4.78, 5) is 0.230. The molecular weight excluding hydrogens is 380 g/mol. The van der Waals surface area contributed by atoms with Crippen LogP contribution in [-0.4, -0.2) is 19.0 Å². The van der Waals surface area contributed by atoms with Gasteiger partial charge in [0.1, 0.15) is 6.04 Å². The van der Waals surface area contributed by atoms with E-state index in [2.05, 4.69) is 5.10 Å². The lowest BCUT2D eigenvalue weighted by Gasteiger charge is -2.25. The fraction of sp³-hybridized carbons (Fsp3) is 0.125. The van der Waals surface area contributed by atoms with Crippen molar-refractivity contribution in [1.82, 2.24) is 4.41 Å². The molecule has 0 aliphatic carbocycles. The van der Waals surface area contributed by atoms with Gasteiger partial charge in [-0.3, -0.25) is 0 Å². The van der Waals surface area contributed by atoms with Crippen LogP contribution in [-0.2, 0) is 10.0 Å². The molecule has 0 saturated heterocycles. The molecule has 1 atom stereocenters. The number of benzene rings is 3. The maximum atomic E-state index is 13.4. The molecule has 0 N–H and O–H groups in total. The van der Waals surface area contributed by atoms with Gasteiger partial charge in [-0.15, -0.1) is 0 Å². The summed E-state index contributed by atoms with van der Waals surface area (Å²) < 4.78 is 28.0. The molecule has 1 aliphatic rings. The van der Waals surface area contributed by atoms with Crippen LogP contribution < -0.4 is 0 Å². The van der Waals surface area contributed by atoms with Crippen LogP contribution in [0, 0.1) is 6.92 Å². The molecular formula is C24H22N2O2S. The van der Waals surface area contributed by atoms with Gasteiger partial charge in [0.15, 0.2) is 0 Å². The van der Waals surface area contributed by atoms with Crippen molar-refractivity contribution in [3.05, 3.63) is 107 Å². The van der Waals surface area contributed by atoms with Crippen LogP contribution in [0.25, 0.3) is 5.57 Å². The Balaban J connectivity index is 1.87. The SMILES string of the molecule is C/C(=C1/C=NN(S(=O)(=O)c2ccccc2)C1c1ccc(C)cc1)c1ccccc1. The van der Waals surface area contributed by atoms with E-state index in [1.165, 1.54) is 4.41 Å². The lowest BCUT2D eigenvalue weighted by molar-refractivity contribution is 0.397. The van der Waals surface area contributed by atoms with E-state index in [4.69, 9.17) is 0 Å². The molecule has 1 aliphatic heterocycles. The zero-order valence-electron chi connectivity index (χ0n) is 16.4. The number of hydrogen-bond acceptors (Lipinski definition) is 3. The number of allylic oxidation sites excluding steroid dienone is 1. The molecule has 29 heavy (non-hydrogen) atoms. The van der Waals surface area contributed by atoms with Crippen LogP contribution in [0.4, 0.5) is 0 Å². The second kappa shape index (κ2) is 7.68. The van der Waals surface area contributed by atoms with E-state index < -0.39 is 16.1 Å². The first-order valence-corrected chi connectivity index (χ1v) is 10.9. The molecule has 3 aromatic rings. The van der Waals surface area contributed by atoms with Gasteiger partial charge in [-0.2, -0.15) is 17.9 Å². The Morgan fingerprint density at radius 2 is 1.45 bits per heavy atom. The maximum absolute atomic E-state index is 13.4. The highest BCUT2D eigenvalue weighted by molar-refractivity contribution is 7.89. The lowest BCUT2D eigenvalue weighted by atomic mass is 9.93. The number of aryl methyl sites for hydroxylation is 1. The standard InChI is InChI=1S/C24H22N2O2S/c1-18-13-15-21(16-14-18)24-23(19(2)20-9-5-3-6-10-20)17-25-26(24)29(27,28)22-11-7-4-8-12-22/h3-17,24H,1-2H3/b23-19+. The van der Waals surface area contributed by atoms with Crippen molar-refractivity contribution < 1.29 is 8.42 Å². The normalized spacial score (nSPS) is 18.1. The summed E-state index contributed by atoms with van der Waals surface area (Å²) in [5.41, 5.74) is 4.93. The fourth-order valence-corrected chi connectivity index (χ4v) is 4.89. The maximum Gasteiger partial charge on any atom is 0.279 e. The highest BCUT2D eigenvalue weighted by atomic mass is 32.2. The Labute approximate surface area is 171 Å². The Hall–Kier alpha value is -3.18. The quantitative estimate of drug-likeness (QED) is 0.602. The van der Waals surface area contributed by atoms with E-state index in [0.717, 1.165) is 27.8 Å². The number of nitrogens with zero attached hydrogens (tertiary/aromatic N) is 2. The second-order valence-corrected chi connectivity index (χ2v) is 8.89. The molecule has 1 heterocycles. The van der Waals surface area contributed by atoms with E-state index in [1.807, 2.05) is 68.4 Å². The average Bonchev–Trinajstić information content (AvgIpc) is 3.21. The third kappa shape index (κ3) is 3.61. The smallest absolute Gasteiger partial charge is 0.200 e. The lowest BCUT2D eigenvalue weighted by Crippen LogP contribution is -2.28. The van der Waals surface area contributed by atoms with Gasteiger partial charge in [-0.1, -0.05) is 78.4 Å². The van der Waals surface area contributed by atoms with E-state index in [1.54, 1.807) is 36.5 Å². The predicted molar refractivity (Wildman–Crippen MR) is 117 cm³/mol. The summed E-state index contributed by atoms with van der Waals surface area (Å²) >= 11 is 0. The molecule has 146 valence electrons. The summed E-state index contributed by atoms with van der Waals surface area (Å²) in [6, 6.07) is 25.8. The van der Waals surface area contributed by atoms with Gasteiger partial charge >= 0.3 is 0 Å². The van der Waals surface area contributed by atoms with Gasteiger partial charge in [0.05, 0.1) is 11.1 Å². The molecule has 4 rings (SSSR count). The van der Waals surface area contributed by atoms with Gasteiger partial charge in [-0.05, 0) is 42.7 Å². The van der Waals surface area contributed by atoms with Crippen molar-refractivity contribution in [2.45, 2.75) is 24.8 Å². The highest BCUT2D eigenvalue weighted by Gasteiger charge is 2.37. The van der Waals surface area contributed by atoms with Crippen LogP contribution in [0.5, 0.6) is 0 Å². The van der Waals surface area contributed by atoms with Crippen molar-refractivity contribution in [2.24, 2.45) is 5.10 Å². The number of hydrazone groups is 1. The van der Waals surface area contributed by atoms with Gasteiger partial charge in [0.2, 0.25) is 0 Å². The fourth-order valence-electron chi connectivity index (χ4n) is 3.49. The molecule has 0 radical (unpaired) electrons. The second-order valence-electron chi connectivity index (χ2n) is 7.09. The zero-order chi connectivity index (χ0) is 20.4. The third-order valence-corrected chi connectivity index (χ3v) is 6.81. The molecule has 1 unspecified atom stereocenters. The zero-order valence-corrected chi connectivity index (χ0v) is 17.2. The van der Waals surface area contributed by atoms with E-state index in [-0.39, 0.29) is 4.90 Å². The largest absolute Gasteiger partial charge is 0.279 e. The predicted octanol–water partition coefficient (Wildman–Crippen LogP) is 5.20. The van der Waals surface area contributed by atoms with Crippen molar-refractivity contribution in [2.75, 3.05) is 0 Å². The van der Waals surface area contributed by atoms with E-state index in [9.17, 15) is 8.42 Å². The summed E-state index contributed by atoms with van der Waals surface area (Å²) in [6.07, 6.45) is 1.67. The molecule has 5 heteroatoms. The minimum atomic E-state index is -3.79. The topological polar surface area (TPSA) is 49.7 Å². The molecule has 4 nitrogen and oxygen atoms in total. The van der Waals surface area contributed by atoms with Crippen molar-refractivity contribution in [1.29, 1.82) is 0 Å². The molecule has 0 spiro atoms. The summed E-state index contributed by atoms with van der Waals surface area (Å²) in [6.45, 7) is 4.02. The number of hydrogen-bond donors (Lipinski definition) is 0. The van der Waals surface area contributed by atoms with Gasteiger partial charge < -0.3 is 0 Å². The molecule has 0 saturated carbocycles. The van der Waals surface area contributed by atoms with E-state index in [0.29, 0.717) is 0 Å². The Kier molecular flexibility index (Phi) is 5.07. The Morgan fingerprint density at radius 3 is 2.07 bits per heavy atom. The van der Waals surface area contributed by atoms with Crippen LogP contribution in [0.2, 0.25) is 0 Å². The van der Waals surface area contributed by atoms with Gasteiger partial charge in [-0.25, -0.2) is 0 Å². The molecule has 3 aromatic carbocycles. The average molecular weight is 403 g/mol. The minimum Gasteiger partial charge on any atom is -0.200 e. The summed E-state index contributed by atoms with van der Waals surface area (Å²) in [5, 5.41) is 4.35. The minimum absolute atomic E-state index is 0.230. The summed E-state index contributed by atoms with van der Waals surface area (Å²) in [5.74, 6) is 0. The summed E-state index contributed by atoms with van der Waals surface area (Å²) in [7, 11) is -3.79. The monoisotopic (exact) mass is 402 g/mol. The number of sulfonamides is 1. The van der Waals surface area contributed by atoms with Crippen LogP contribution in [0.15, 0.2) is 100 Å². The first kappa shape index (κ1) is 19.2. The number of rotatable bonds is 4. The first-order valence-electron chi connectivity index (χ1n) is 9.45. The molecule has 0 amide bonds. The van der Waals surface area contributed by atoms with Crippen LogP contribution in [0.3, 0.4) is 0 Å². The molecule has 0 bridgehead atoms. The van der Waals surface area contributed by atoms with Crippen LogP contribution in [0.1, 0.15) is 29.7 Å². The molecule has 0 aromatic heterocycles. The van der Waals surface area contributed by atoms with Gasteiger partial charge in [0, 0.05) is 5.57 Å². The Bertz CT molecular complexity index is 1170. The van der Waals surface area contributed by atoms with Crippen LogP contribution >= 0.6 is 0 Å². The highest BCUT2D eigenvalue weighted by Crippen LogP contribution is 2.40. The van der Waals surface area contributed by atoms with Crippen molar-refractivity contribution in [3.63, 3.8) is 0 Å². The van der Waals surface area contributed by atoms with Crippen molar-refractivity contribution >= 4 is 21.8 Å². The first-order chi connectivity index (χ1) is 14.0. The molecule has 0 fully saturated rings. The van der Waals surface area contributed by atoms with Gasteiger partial charge in [0.25, 0.3) is 10.0 Å². The third-order valence-electron chi connectivity index (χ3n) is 5.15. The Morgan fingerprint density at radius 1 is 0.862 bits per heavy atom. The van der Waals surface area contributed by atoms with Crippen molar-refractivity contribution in [3.8, 4) is 0 Å².